The quantitative estimate of drug-likeness (QED) is 0.617. The first-order chi connectivity index (χ1) is 5.38. The summed E-state index contributed by atoms with van der Waals surface area (Å²) in [7, 11) is 0. The summed E-state index contributed by atoms with van der Waals surface area (Å²) in [4.78, 5) is 4.00. The number of aromatic nitrogens is 1. The molecule has 0 bridgehead atoms. The maximum absolute atomic E-state index is 5.32. The van der Waals surface area contributed by atoms with E-state index in [0.29, 0.717) is 23.6 Å². The van der Waals surface area contributed by atoms with Crippen molar-refractivity contribution < 1.29 is 9.47 Å². The summed E-state index contributed by atoms with van der Waals surface area (Å²) < 4.78 is 11.3. The smallest absolute Gasteiger partial charge is 0.194 e. The maximum atomic E-state index is 5.32. The third-order valence-corrected chi connectivity index (χ3v) is 1.98. The first-order valence-electron chi connectivity index (χ1n) is 3.28. The van der Waals surface area contributed by atoms with Gasteiger partial charge in [-0.3, -0.25) is 0 Å². The molecule has 58 valence electrons. The van der Waals surface area contributed by atoms with E-state index in [-0.39, 0.29) is 0 Å². The third-order valence-electron chi connectivity index (χ3n) is 1.41. The number of pyridine rings is 1. The van der Waals surface area contributed by atoms with Crippen molar-refractivity contribution in [3.63, 3.8) is 0 Å². The van der Waals surface area contributed by atoms with Crippen molar-refractivity contribution in [3.05, 3.63) is 16.9 Å². The molecule has 0 atom stereocenters. The summed E-state index contributed by atoms with van der Waals surface area (Å²) in [6.07, 6.45) is 1.68. The Morgan fingerprint density at radius 1 is 1.36 bits per heavy atom. The Morgan fingerprint density at radius 3 is 3.00 bits per heavy atom. The molecular formula is C7H6BrNO2. The second-order valence-electron chi connectivity index (χ2n) is 2.13. The van der Waals surface area contributed by atoms with Crippen molar-refractivity contribution in [2.75, 3.05) is 13.2 Å². The van der Waals surface area contributed by atoms with E-state index in [9.17, 15) is 0 Å². The predicted octanol–water partition coefficient (Wildman–Crippen LogP) is 1.62. The second kappa shape index (κ2) is 2.70. The Balaban J connectivity index is 2.49. The van der Waals surface area contributed by atoms with E-state index < -0.39 is 0 Å². The lowest BCUT2D eigenvalue weighted by molar-refractivity contribution is 0.169. The summed E-state index contributed by atoms with van der Waals surface area (Å²) in [5.74, 6) is 1.47. The van der Waals surface area contributed by atoms with Crippen LogP contribution in [0.1, 0.15) is 0 Å². The molecule has 1 aromatic heterocycles. The van der Waals surface area contributed by atoms with Gasteiger partial charge in [-0.05, 0) is 15.9 Å². The molecule has 11 heavy (non-hydrogen) atoms. The summed E-state index contributed by atoms with van der Waals surface area (Å²) in [5.41, 5.74) is 0. The topological polar surface area (TPSA) is 31.4 Å². The molecule has 0 aromatic carbocycles. The van der Waals surface area contributed by atoms with Crippen LogP contribution < -0.4 is 9.47 Å². The molecule has 3 nitrogen and oxygen atoms in total. The Morgan fingerprint density at radius 2 is 2.18 bits per heavy atom. The highest BCUT2D eigenvalue weighted by Crippen LogP contribution is 2.34. The number of ether oxygens (including phenoxy) is 2. The molecule has 2 heterocycles. The van der Waals surface area contributed by atoms with Gasteiger partial charge in [-0.15, -0.1) is 0 Å². The standard InChI is InChI=1S/C7H6BrNO2/c8-7-6-5(1-2-9-7)10-3-4-11-6/h1-2H,3-4H2. The van der Waals surface area contributed by atoms with E-state index in [1.165, 1.54) is 0 Å². The Bertz CT molecular complexity index is 277. The minimum Gasteiger partial charge on any atom is -0.486 e. The zero-order valence-corrected chi connectivity index (χ0v) is 7.30. The van der Waals surface area contributed by atoms with E-state index in [1.54, 1.807) is 12.3 Å². The van der Waals surface area contributed by atoms with E-state index in [1.807, 2.05) is 0 Å². The lowest BCUT2D eigenvalue weighted by Crippen LogP contribution is -2.15. The molecule has 1 aromatic rings. The molecular weight excluding hydrogens is 210 g/mol. The van der Waals surface area contributed by atoms with Gasteiger partial charge in [-0.2, -0.15) is 0 Å². The molecule has 2 rings (SSSR count). The number of fused-ring (bicyclic) bond motifs is 1. The largest absolute Gasteiger partial charge is 0.486 e. The Labute approximate surface area is 72.5 Å². The summed E-state index contributed by atoms with van der Waals surface area (Å²) in [5, 5.41) is 0. The number of hydrogen-bond donors (Lipinski definition) is 0. The first kappa shape index (κ1) is 6.91. The van der Waals surface area contributed by atoms with Gasteiger partial charge in [-0.1, -0.05) is 0 Å². The second-order valence-corrected chi connectivity index (χ2v) is 2.88. The average Bonchev–Trinajstić information content (AvgIpc) is 2.06. The van der Waals surface area contributed by atoms with Crippen LogP contribution in [0.3, 0.4) is 0 Å². The monoisotopic (exact) mass is 215 g/mol. The molecule has 0 spiro atoms. The predicted molar refractivity (Wildman–Crippen MR) is 42.9 cm³/mol. The minimum absolute atomic E-state index is 0.595. The van der Waals surface area contributed by atoms with Crippen LogP contribution >= 0.6 is 15.9 Å². The summed E-state index contributed by atoms with van der Waals surface area (Å²) in [6.45, 7) is 1.21. The maximum Gasteiger partial charge on any atom is 0.194 e. The fourth-order valence-electron chi connectivity index (χ4n) is 0.946. The Hall–Kier alpha value is -0.770. The Kier molecular flexibility index (Phi) is 1.69. The fraction of sp³-hybridized carbons (Fsp3) is 0.286. The molecule has 1 aliphatic rings. The van der Waals surface area contributed by atoms with Crippen molar-refractivity contribution in [2.45, 2.75) is 0 Å². The lowest BCUT2D eigenvalue weighted by Gasteiger charge is -2.18. The SMILES string of the molecule is Brc1nccc2c1OCCO2. The van der Waals surface area contributed by atoms with E-state index in [0.717, 1.165) is 5.75 Å². The third kappa shape index (κ3) is 1.18. The number of hydrogen-bond acceptors (Lipinski definition) is 3. The van der Waals surface area contributed by atoms with Crippen molar-refractivity contribution in [3.8, 4) is 11.5 Å². The van der Waals surface area contributed by atoms with Gasteiger partial charge in [0, 0.05) is 12.3 Å². The van der Waals surface area contributed by atoms with Gasteiger partial charge in [0.1, 0.15) is 13.2 Å². The zero-order valence-electron chi connectivity index (χ0n) is 5.71. The van der Waals surface area contributed by atoms with Gasteiger partial charge in [0.15, 0.2) is 16.1 Å². The lowest BCUT2D eigenvalue weighted by atomic mass is 10.4. The average molecular weight is 216 g/mol. The molecule has 0 saturated heterocycles. The van der Waals surface area contributed by atoms with Gasteiger partial charge >= 0.3 is 0 Å². The van der Waals surface area contributed by atoms with Gasteiger partial charge < -0.3 is 9.47 Å². The molecule has 0 N–H and O–H groups in total. The van der Waals surface area contributed by atoms with Gasteiger partial charge in [-0.25, -0.2) is 4.98 Å². The highest BCUT2D eigenvalue weighted by Gasteiger charge is 2.14. The highest BCUT2D eigenvalue weighted by molar-refractivity contribution is 9.10. The van der Waals surface area contributed by atoms with Crippen LogP contribution in [0, 0.1) is 0 Å². The van der Waals surface area contributed by atoms with Crippen molar-refractivity contribution in [2.24, 2.45) is 0 Å². The molecule has 0 unspecified atom stereocenters. The molecule has 0 saturated carbocycles. The number of halogens is 1. The van der Waals surface area contributed by atoms with E-state index in [4.69, 9.17) is 9.47 Å². The fourth-order valence-corrected chi connectivity index (χ4v) is 1.37. The molecule has 0 amide bonds. The van der Waals surface area contributed by atoms with Gasteiger partial charge in [0.05, 0.1) is 0 Å². The highest BCUT2D eigenvalue weighted by atomic mass is 79.9. The van der Waals surface area contributed by atoms with Gasteiger partial charge in [0.25, 0.3) is 0 Å². The van der Waals surface area contributed by atoms with E-state index >= 15 is 0 Å². The van der Waals surface area contributed by atoms with Crippen LogP contribution in [0.4, 0.5) is 0 Å². The summed E-state index contributed by atoms with van der Waals surface area (Å²) >= 11 is 3.27. The van der Waals surface area contributed by atoms with Crippen LogP contribution in [-0.2, 0) is 0 Å². The first-order valence-corrected chi connectivity index (χ1v) is 4.07. The molecule has 0 aliphatic carbocycles. The van der Waals surface area contributed by atoms with Crippen molar-refractivity contribution >= 4 is 15.9 Å². The summed E-state index contributed by atoms with van der Waals surface area (Å²) in [6, 6.07) is 1.79. The normalized spacial score (nSPS) is 14.6. The van der Waals surface area contributed by atoms with Crippen LogP contribution in [0.15, 0.2) is 16.9 Å². The van der Waals surface area contributed by atoms with Crippen LogP contribution in [0.2, 0.25) is 0 Å². The van der Waals surface area contributed by atoms with Gasteiger partial charge in [0.2, 0.25) is 0 Å². The van der Waals surface area contributed by atoms with Crippen molar-refractivity contribution in [1.29, 1.82) is 0 Å². The zero-order chi connectivity index (χ0) is 7.68. The van der Waals surface area contributed by atoms with Crippen LogP contribution in [0.25, 0.3) is 0 Å². The molecule has 1 aliphatic heterocycles. The number of rotatable bonds is 0. The number of nitrogens with zero attached hydrogens (tertiary/aromatic N) is 1. The minimum atomic E-state index is 0.595. The van der Waals surface area contributed by atoms with Crippen molar-refractivity contribution in [1.82, 2.24) is 4.98 Å². The van der Waals surface area contributed by atoms with Crippen LogP contribution in [-0.4, -0.2) is 18.2 Å². The molecule has 0 radical (unpaired) electrons. The van der Waals surface area contributed by atoms with E-state index in [2.05, 4.69) is 20.9 Å². The molecule has 0 fully saturated rings. The van der Waals surface area contributed by atoms with Crippen LogP contribution in [0.5, 0.6) is 11.5 Å². The molecule has 4 heteroatoms.